The van der Waals surface area contributed by atoms with E-state index in [9.17, 15) is 18.9 Å². The minimum atomic E-state index is -3.91. The second-order valence-electron chi connectivity index (χ2n) is 9.66. The standard InChI is InChI=1S/C32H32O5P2/c1-5-25-9-13-27(14-10-25)21-38(33,34)31-19-23(3)7-17-29(31)37-30-18-8-24(4)20-32(30)39(35,36)22-28-15-11-26(6-2)12-16-28/h5-20H,1-2,21-22H2,3-4H3,(H,33,34)(H,35,36). The first-order chi connectivity index (χ1) is 18.5. The Morgan fingerprint density at radius 1 is 0.641 bits per heavy atom. The Kier molecular flexibility index (Phi) is 8.59. The molecule has 7 heteroatoms. The Hall–Kier alpha value is -3.46. The fraction of sp³-hybridized carbons (Fsp3) is 0.125. The van der Waals surface area contributed by atoms with E-state index in [1.165, 1.54) is 0 Å². The number of rotatable bonds is 10. The molecule has 0 bridgehead atoms. The molecule has 0 fully saturated rings. The van der Waals surface area contributed by atoms with E-state index in [0.717, 1.165) is 22.3 Å². The van der Waals surface area contributed by atoms with Crippen LogP contribution in [0.2, 0.25) is 0 Å². The first-order valence-corrected chi connectivity index (χ1v) is 16.2. The quantitative estimate of drug-likeness (QED) is 0.196. The van der Waals surface area contributed by atoms with Crippen LogP contribution in [0, 0.1) is 13.8 Å². The molecule has 39 heavy (non-hydrogen) atoms. The van der Waals surface area contributed by atoms with Crippen LogP contribution in [0.15, 0.2) is 98.1 Å². The Morgan fingerprint density at radius 3 is 1.33 bits per heavy atom. The lowest BCUT2D eigenvalue weighted by Gasteiger charge is -2.21. The number of benzene rings is 4. The summed E-state index contributed by atoms with van der Waals surface area (Å²) in [4.78, 5) is 22.4. The summed E-state index contributed by atoms with van der Waals surface area (Å²) in [6.07, 6.45) is 3.27. The van der Waals surface area contributed by atoms with Gasteiger partial charge in [0.25, 0.3) is 0 Å². The van der Waals surface area contributed by atoms with Gasteiger partial charge in [0, 0.05) is 0 Å². The molecule has 4 aromatic rings. The van der Waals surface area contributed by atoms with Crippen LogP contribution < -0.4 is 15.3 Å². The molecule has 0 aliphatic heterocycles. The van der Waals surface area contributed by atoms with Crippen LogP contribution in [0.4, 0.5) is 0 Å². The summed E-state index contributed by atoms with van der Waals surface area (Å²) < 4.78 is 33.5. The van der Waals surface area contributed by atoms with Gasteiger partial charge in [-0.15, -0.1) is 0 Å². The maximum Gasteiger partial charge on any atom is 0.237 e. The zero-order chi connectivity index (χ0) is 28.2. The van der Waals surface area contributed by atoms with Gasteiger partial charge >= 0.3 is 0 Å². The van der Waals surface area contributed by atoms with Crippen molar-refractivity contribution in [2.75, 3.05) is 0 Å². The lowest BCUT2D eigenvalue weighted by Crippen LogP contribution is -2.15. The second-order valence-corrected chi connectivity index (χ2v) is 14.1. The van der Waals surface area contributed by atoms with E-state index >= 15 is 0 Å². The van der Waals surface area contributed by atoms with E-state index in [4.69, 9.17) is 4.74 Å². The van der Waals surface area contributed by atoms with Gasteiger partial charge < -0.3 is 14.5 Å². The van der Waals surface area contributed by atoms with Crippen molar-refractivity contribution in [2.24, 2.45) is 0 Å². The third-order valence-corrected chi connectivity index (χ3v) is 10.2. The molecule has 0 amide bonds. The summed E-state index contributed by atoms with van der Waals surface area (Å²) in [5.41, 5.74) is 4.85. The van der Waals surface area contributed by atoms with E-state index in [1.54, 1.807) is 72.8 Å². The number of hydrogen-bond donors (Lipinski definition) is 2. The Bertz CT molecular complexity index is 1480. The molecule has 2 atom stereocenters. The average Bonchev–Trinajstić information content (AvgIpc) is 2.91. The summed E-state index contributed by atoms with van der Waals surface area (Å²) in [6.45, 7) is 11.2. The van der Waals surface area contributed by atoms with Crippen molar-refractivity contribution in [3.63, 3.8) is 0 Å². The van der Waals surface area contributed by atoms with Crippen molar-refractivity contribution in [3.8, 4) is 11.5 Å². The molecule has 200 valence electrons. The Balaban J connectivity index is 1.69. The van der Waals surface area contributed by atoms with Crippen molar-refractivity contribution in [3.05, 3.63) is 131 Å². The summed E-state index contributed by atoms with van der Waals surface area (Å²) in [7, 11) is -7.82. The predicted octanol–water partition coefficient (Wildman–Crippen LogP) is 7.57. The zero-order valence-corrected chi connectivity index (χ0v) is 23.9. The molecule has 4 rings (SSSR count). The molecule has 5 nitrogen and oxygen atoms in total. The van der Waals surface area contributed by atoms with Gasteiger partial charge in [0.1, 0.15) is 11.5 Å². The van der Waals surface area contributed by atoms with Gasteiger partial charge in [-0.2, -0.15) is 0 Å². The molecule has 0 aromatic heterocycles. The van der Waals surface area contributed by atoms with Crippen LogP contribution in [0.1, 0.15) is 33.4 Å². The topological polar surface area (TPSA) is 83.8 Å². The molecule has 0 saturated heterocycles. The second kappa shape index (κ2) is 11.7. The molecule has 2 unspecified atom stereocenters. The highest BCUT2D eigenvalue weighted by Gasteiger charge is 2.30. The minimum Gasteiger partial charge on any atom is -0.456 e. The highest BCUT2D eigenvalue weighted by Crippen LogP contribution is 2.49. The predicted molar refractivity (Wildman–Crippen MR) is 162 cm³/mol. The fourth-order valence-corrected chi connectivity index (χ4v) is 7.77. The molecule has 2 N–H and O–H groups in total. The maximum atomic E-state index is 13.7. The third-order valence-electron chi connectivity index (χ3n) is 6.43. The Labute approximate surface area is 230 Å². The minimum absolute atomic E-state index is 0.0792. The molecule has 0 saturated carbocycles. The molecule has 0 radical (unpaired) electrons. The normalized spacial score (nSPS) is 14.2. The summed E-state index contributed by atoms with van der Waals surface area (Å²) >= 11 is 0. The Morgan fingerprint density at radius 2 is 1.00 bits per heavy atom. The number of ether oxygens (including phenoxy) is 1. The van der Waals surface area contributed by atoms with Gasteiger partial charge in [0.2, 0.25) is 14.7 Å². The highest BCUT2D eigenvalue weighted by molar-refractivity contribution is 7.65. The first kappa shape index (κ1) is 28.5. The van der Waals surface area contributed by atoms with E-state index in [1.807, 2.05) is 38.1 Å². The molecular weight excluding hydrogens is 526 g/mol. The van der Waals surface area contributed by atoms with Gasteiger partial charge in [-0.1, -0.05) is 97.1 Å². The molecule has 4 aromatic carbocycles. The van der Waals surface area contributed by atoms with Crippen LogP contribution in [0.25, 0.3) is 12.2 Å². The number of aryl methyl sites for hydroxylation is 2. The van der Waals surface area contributed by atoms with Crippen molar-refractivity contribution in [1.82, 2.24) is 0 Å². The van der Waals surface area contributed by atoms with Crippen molar-refractivity contribution < 1.29 is 23.7 Å². The highest BCUT2D eigenvalue weighted by atomic mass is 31.2. The molecular formula is C32H32O5P2. The van der Waals surface area contributed by atoms with Crippen molar-refractivity contribution in [1.29, 1.82) is 0 Å². The van der Waals surface area contributed by atoms with Gasteiger partial charge in [-0.3, -0.25) is 9.13 Å². The van der Waals surface area contributed by atoms with Crippen molar-refractivity contribution in [2.45, 2.75) is 26.2 Å². The van der Waals surface area contributed by atoms with Crippen LogP contribution in [-0.2, 0) is 21.5 Å². The van der Waals surface area contributed by atoms with Crippen LogP contribution in [0.5, 0.6) is 11.5 Å². The van der Waals surface area contributed by atoms with E-state index < -0.39 is 14.7 Å². The first-order valence-electron chi connectivity index (χ1n) is 12.5. The summed E-state index contributed by atoms with van der Waals surface area (Å²) in [6, 6.07) is 24.7. The fourth-order valence-electron chi connectivity index (χ4n) is 4.28. The van der Waals surface area contributed by atoms with Crippen LogP contribution >= 0.6 is 14.7 Å². The maximum absolute atomic E-state index is 13.7. The van der Waals surface area contributed by atoms with Crippen molar-refractivity contribution >= 4 is 37.5 Å². The lowest BCUT2D eigenvalue weighted by molar-refractivity contribution is 0.469. The van der Waals surface area contributed by atoms with E-state index in [-0.39, 0.29) is 34.4 Å². The summed E-state index contributed by atoms with van der Waals surface area (Å²) in [5.74, 6) is 0.351. The SMILES string of the molecule is C=Cc1ccc(CP(=O)(O)c2cc(C)ccc2Oc2ccc(C)cc2P(=O)(O)Cc2ccc(C=C)cc2)cc1. The van der Waals surface area contributed by atoms with Gasteiger partial charge in [0.15, 0.2) is 0 Å². The van der Waals surface area contributed by atoms with Gasteiger partial charge in [-0.05, 0) is 60.4 Å². The third kappa shape index (κ3) is 6.95. The van der Waals surface area contributed by atoms with Crippen LogP contribution in [-0.4, -0.2) is 9.79 Å². The lowest BCUT2D eigenvalue weighted by atomic mass is 10.1. The van der Waals surface area contributed by atoms with Crippen LogP contribution in [0.3, 0.4) is 0 Å². The van der Waals surface area contributed by atoms with Gasteiger partial charge in [-0.25, -0.2) is 0 Å². The average molecular weight is 559 g/mol. The number of hydrogen-bond acceptors (Lipinski definition) is 3. The monoisotopic (exact) mass is 558 g/mol. The zero-order valence-electron chi connectivity index (χ0n) is 22.1. The molecule has 0 aliphatic rings. The van der Waals surface area contributed by atoms with Gasteiger partial charge in [0.05, 0.1) is 22.9 Å². The molecule has 0 aliphatic carbocycles. The largest absolute Gasteiger partial charge is 0.456 e. The van der Waals surface area contributed by atoms with E-state index in [2.05, 4.69) is 13.2 Å². The summed E-state index contributed by atoms with van der Waals surface area (Å²) in [5, 5.41) is 0.323. The molecule has 0 spiro atoms. The smallest absolute Gasteiger partial charge is 0.237 e. The molecule has 0 heterocycles. The van der Waals surface area contributed by atoms with E-state index in [0.29, 0.717) is 11.1 Å².